The maximum absolute atomic E-state index is 12.0. The smallest absolute Gasteiger partial charge is 0.275 e. The van der Waals surface area contributed by atoms with Crippen LogP contribution in [0.3, 0.4) is 0 Å². The molecule has 1 aromatic carbocycles. The number of aryl methyl sites for hydroxylation is 1. The molecule has 0 saturated carbocycles. The summed E-state index contributed by atoms with van der Waals surface area (Å²) in [6.45, 7) is 1.77. The van der Waals surface area contributed by atoms with E-state index in [-0.39, 0.29) is 11.7 Å². The molecule has 0 unspecified atom stereocenters. The molecule has 5 heteroatoms. The molecule has 0 aliphatic rings. The number of hydrogen-bond donors (Lipinski definition) is 2. The molecule has 0 atom stereocenters. The first kappa shape index (κ1) is 12.6. The number of rotatable bonds is 2. The Labute approximate surface area is 113 Å². The monoisotopic (exact) mass is 306 g/mol. The SMILES string of the molecule is Cc1cc(NC(=O)c2ncccc2Br)ccc1O. The van der Waals surface area contributed by atoms with Gasteiger partial charge < -0.3 is 10.4 Å². The fraction of sp³-hybridized carbons (Fsp3) is 0.0769. The number of nitrogens with one attached hydrogen (secondary N) is 1. The number of carbonyl (C=O) groups is 1. The Morgan fingerprint density at radius 1 is 1.39 bits per heavy atom. The molecule has 92 valence electrons. The van der Waals surface area contributed by atoms with E-state index in [0.29, 0.717) is 21.4 Å². The van der Waals surface area contributed by atoms with Gasteiger partial charge in [0.05, 0.1) is 0 Å². The predicted molar refractivity (Wildman–Crippen MR) is 72.7 cm³/mol. The highest BCUT2D eigenvalue weighted by atomic mass is 79.9. The van der Waals surface area contributed by atoms with Crippen molar-refractivity contribution in [2.45, 2.75) is 6.92 Å². The zero-order chi connectivity index (χ0) is 13.1. The van der Waals surface area contributed by atoms with E-state index in [0.717, 1.165) is 0 Å². The van der Waals surface area contributed by atoms with E-state index in [1.807, 2.05) is 0 Å². The average molecular weight is 307 g/mol. The molecule has 2 rings (SSSR count). The Kier molecular flexibility index (Phi) is 3.62. The normalized spacial score (nSPS) is 10.1. The van der Waals surface area contributed by atoms with Crippen LogP contribution in [0.1, 0.15) is 16.1 Å². The van der Waals surface area contributed by atoms with Crippen molar-refractivity contribution in [1.29, 1.82) is 0 Å². The van der Waals surface area contributed by atoms with Crippen molar-refractivity contribution >= 4 is 27.5 Å². The second kappa shape index (κ2) is 5.18. The molecular weight excluding hydrogens is 296 g/mol. The van der Waals surface area contributed by atoms with Gasteiger partial charge in [-0.1, -0.05) is 0 Å². The molecule has 0 spiro atoms. The van der Waals surface area contributed by atoms with Crippen LogP contribution in [0, 0.1) is 6.92 Å². The molecule has 0 fully saturated rings. The van der Waals surface area contributed by atoms with Crippen LogP contribution in [0.2, 0.25) is 0 Å². The van der Waals surface area contributed by atoms with Crippen LogP contribution in [0.5, 0.6) is 5.75 Å². The van der Waals surface area contributed by atoms with E-state index < -0.39 is 0 Å². The number of anilines is 1. The second-order valence-corrected chi connectivity index (χ2v) is 4.64. The van der Waals surface area contributed by atoms with Gasteiger partial charge in [0.15, 0.2) is 0 Å². The number of carbonyl (C=O) groups excluding carboxylic acids is 1. The van der Waals surface area contributed by atoms with Gasteiger partial charge in [0, 0.05) is 16.4 Å². The fourth-order valence-electron chi connectivity index (χ4n) is 1.48. The molecule has 0 aliphatic heterocycles. The number of pyridine rings is 1. The molecule has 2 aromatic rings. The Hall–Kier alpha value is -1.88. The molecule has 4 nitrogen and oxygen atoms in total. The van der Waals surface area contributed by atoms with Crippen LogP contribution in [0.15, 0.2) is 41.0 Å². The maximum Gasteiger partial charge on any atom is 0.275 e. The number of phenolic OH excluding ortho intramolecular Hbond substituents is 1. The summed E-state index contributed by atoms with van der Waals surface area (Å²) in [5, 5.41) is 12.1. The van der Waals surface area contributed by atoms with E-state index in [4.69, 9.17) is 0 Å². The summed E-state index contributed by atoms with van der Waals surface area (Å²) in [5.74, 6) is -0.0976. The van der Waals surface area contributed by atoms with Gasteiger partial charge in [-0.2, -0.15) is 0 Å². The topological polar surface area (TPSA) is 62.2 Å². The highest BCUT2D eigenvalue weighted by molar-refractivity contribution is 9.10. The molecule has 0 bridgehead atoms. The van der Waals surface area contributed by atoms with Gasteiger partial charge in [-0.15, -0.1) is 0 Å². The third kappa shape index (κ3) is 2.68. The molecule has 0 saturated heterocycles. The molecule has 1 amide bonds. The van der Waals surface area contributed by atoms with Gasteiger partial charge in [-0.25, -0.2) is 4.98 Å². The third-order valence-electron chi connectivity index (χ3n) is 2.43. The summed E-state index contributed by atoms with van der Waals surface area (Å²) in [4.78, 5) is 16.0. The lowest BCUT2D eigenvalue weighted by Gasteiger charge is -2.07. The summed E-state index contributed by atoms with van der Waals surface area (Å²) < 4.78 is 0.637. The Morgan fingerprint density at radius 2 is 2.17 bits per heavy atom. The first-order valence-electron chi connectivity index (χ1n) is 5.29. The maximum atomic E-state index is 12.0. The molecule has 2 N–H and O–H groups in total. The fourth-order valence-corrected chi connectivity index (χ4v) is 1.91. The van der Waals surface area contributed by atoms with Gasteiger partial charge >= 0.3 is 0 Å². The minimum Gasteiger partial charge on any atom is -0.508 e. The molecule has 1 heterocycles. The highest BCUT2D eigenvalue weighted by Gasteiger charge is 2.11. The Morgan fingerprint density at radius 3 is 2.83 bits per heavy atom. The van der Waals surface area contributed by atoms with Crippen molar-refractivity contribution in [2.24, 2.45) is 0 Å². The predicted octanol–water partition coefficient (Wildman–Crippen LogP) is 3.11. The molecular formula is C13H11BrN2O2. The van der Waals surface area contributed by atoms with Crippen LogP contribution in [-0.2, 0) is 0 Å². The van der Waals surface area contributed by atoms with Crippen LogP contribution in [0.4, 0.5) is 5.69 Å². The van der Waals surface area contributed by atoms with Crippen molar-refractivity contribution in [3.8, 4) is 5.75 Å². The lowest BCUT2D eigenvalue weighted by Crippen LogP contribution is -2.14. The largest absolute Gasteiger partial charge is 0.508 e. The van der Waals surface area contributed by atoms with Crippen molar-refractivity contribution in [2.75, 3.05) is 5.32 Å². The van der Waals surface area contributed by atoms with Crippen molar-refractivity contribution in [3.05, 3.63) is 52.3 Å². The van der Waals surface area contributed by atoms with Crippen molar-refractivity contribution in [3.63, 3.8) is 0 Å². The third-order valence-corrected chi connectivity index (χ3v) is 3.07. The number of nitrogens with zero attached hydrogens (tertiary/aromatic N) is 1. The van der Waals surface area contributed by atoms with Crippen molar-refractivity contribution in [1.82, 2.24) is 4.98 Å². The molecule has 0 radical (unpaired) electrons. The number of phenols is 1. The van der Waals surface area contributed by atoms with Crippen LogP contribution >= 0.6 is 15.9 Å². The van der Waals surface area contributed by atoms with E-state index in [1.165, 1.54) is 0 Å². The summed E-state index contributed by atoms with van der Waals surface area (Å²) >= 11 is 3.27. The van der Waals surface area contributed by atoms with Gasteiger partial charge in [-0.05, 0) is 58.7 Å². The summed E-state index contributed by atoms with van der Waals surface area (Å²) in [6, 6.07) is 8.37. The minimum atomic E-state index is -0.299. The summed E-state index contributed by atoms with van der Waals surface area (Å²) in [6.07, 6.45) is 1.56. The number of amides is 1. The van der Waals surface area contributed by atoms with E-state index >= 15 is 0 Å². The van der Waals surface area contributed by atoms with E-state index in [9.17, 15) is 9.90 Å². The summed E-state index contributed by atoms with van der Waals surface area (Å²) in [7, 11) is 0. The van der Waals surface area contributed by atoms with Gasteiger partial charge in [-0.3, -0.25) is 4.79 Å². The number of benzene rings is 1. The number of aromatic nitrogens is 1. The Bertz CT molecular complexity index is 599. The van der Waals surface area contributed by atoms with Crippen LogP contribution < -0.4 is 5.32 Å². The van der Waals surface area contributed by atoms with Gasteiger partial charge in [0.2, 0.25) is 0 Å². The zero-order valence-electron chi connectivity index (χ0n) is 9.64. The lowest BCUT2D eigenvalue weighted by molar-refractivity contribution is 0.102. The van der Waals surface area contributed by atoms with Crippen LogP contribution in [-0.4, -0.2) is 16.0 Å². The highest BCUT2D eigenvalue weighted by Crippen LogP contribution is 2.21. The first-order chi connectivity index (χ1) is 8.58. The first-order valence-corrected chi connectivity index (χ1v) is 6.08. The molecule has 0 aliphatic carbocycles. The Balaban J connectivity index is 2.22. The molecule has 1 aromatic heterocycles. The summed E-state index contributed by atoms with van der Waals surface area (Å²) in [5.41, 5.74) is 1.64. The zero-order valence-corrected chi connectivity index (χ0v) is 11.2. The second-order valence-electron chi connectivity index (χ2n) is 3.79. The average Bonchev–Trinajstić information content (AvgIpc) is 2.34. The number of halogens is 1. The standard InChI is InChI=1S/C13H11BrN2O2/c1-8-7-9(4-5-11(8)17)16-13(18)12-10(14)3-2-6-15-12/h2-7,17H,1H3,(H,16,18). The number of hydrogen-bond acceptors (Lipinski definition) is 3. The quantitative estimate of drug-likeness (QED) is 0.838. The van der Waals surface area contributed by atoms with Gasteiger partial charge in [0.1, 0.15) is 11.4 Å². The van der Waals surface area contributed by atoms with Crippen molar-refractivity contribution < 1.29 is 9.90 Å². The van der Waals surface area contributed by atoms with Crippen LogP contribution in [0.25, 0.3) is 0 Å². The molecule has 18 heavy (non-hydrogen) atoms. The lowest BCUT2D eigenvalue weighted by atomic mass is 10.2. The van der Waals surface area contributed by atoms with E-state index in [1.54, 1.807) is 43.5 Å². The minimum absolute atomic E-state index is 0.201. The van der Waals surface area contributed by atoms with Gasteiger partial charge in [0.25, 0.3) is 5.91 Å². The van der Waals surface area contributed by atoms with E-state index in [2.05, 4.69) is 26.2 Å². The number of aromatic hydroxyl groups is 1.